The van der Waals surface area contributed by atoms with Crippen LogP contribution in [0, 0.1) is 12.3 Å². The summed E-state index contributed by atoms with van der Waals surface area (Å²) in [5.74, 6) is 0.364. The normalized spacial score (nSPS) is 18.0. The second kappa shape index (κ2) is 10.5. The summed E-state index contributed by atoms with van der Waals surface area (Å²) in [4.78, 5) is 30.9. The van der Waals surface area contributed by atoms with Gasteiger partial charge in [0, 0.05) is 22.7 Å². The topological polar surface area (TPSA) is 108 Å². The maximum Gasteiger partial charge on any atom is 0.253 e. The van der Waals surface area contributed by atoms with Gasteiger partial charge in [-0.3, -0.25) is 14.4 Å². The molecule has 0 bridgehead atoms. The van der Waals surface area contributed by atoms with Crippen molar-refractivity contribution in [2.75, 3.05) is 0 Å². The van der Waals surface area contributed by atoms with Gasteiger partial charge in [0.2, 0.25) is 0 Å². The zero-order valence-corrected chi connectivity index (χ0v) is 17.7. The summed E-state index contributed by atoms with van der Waals surface area (Å²) >= 11 is 5.97. The lowest BCUT2D eigenvalue weighted by Gasteiger charge is -2.32. The maximum absolute atomic E-state index is 13.0. The quantitative estimate of drug-likeness (QED) is 0.223. The van der Waals surface area contributed by atoms with Crippen LogP contribution >= 0.6 is 11.6 Å². The molecule has 2 aromatic carbocycles. The first kappa shape index (κ1) is 22.9. The first-order valence-corrected chi connectivity index (χ1v) is 10.1. The van der Waals surface area contributed by atoms with Gasteiger partial charge in [0.05, 0.1) is 12.5 Å². The van der Waals surface area contributed by atoms with Crippen molar-refractivity contribution in [2.45, 2.75) is 25.0 Å². The highest BCUT2D eigenvalue weighted by atomic mass is 35.5. The lowest BCUT2D eigenvalue weighted by atomic mass is 9.82. The average molecular weight is 453 g/mol. The van der Waals surface area contributed by atoms with Gasteiger partial charge < -0.3 is 15.5 Å². The number of hydroxylamine groups is 1. The third-order valence-corrected chi connectivity index (χ3v) is 5.12. The molecule has 7 nitrogen and oxygen atoms in total. The summed E-state index contributed by atoms with van der Waals surface area (Å²) in [5, 5.41) is 22.2. The van der Waals surface area contributed by atoms with Gasteiger partial charge >= 0.3 is 0 Å². The summed E-state index contributed by atoms with van der Waals surface area (Å²) in [6, 6.07) is 10.6. The number of aromatic hydroxyl groups is 2. The molecule has 0 saturated carbocycles. The molecule has 164 valence electrons. The molecule has 0 saturated heterocycles. The van der Waals surface area contributed by atoms with E-state index < -0.39 is 17.9 Å². The van der Waals surface area contributed by atoms with E-state index in [1.54, 1.807) is 42.5 Å². The zero-order valence-electron chi connectivity index (χ0n) is 16.9. The number of hydrogen-bond acceptors (Lipinski definition) is 5. The second-order valence-electron chi connectivity index (χ2n) is 7.06. The predicted octanol–water partition coefficient (Wildman–Crippen LogP) is 3.24. The minimum absolute atomic E-state index is 0.0304. The van der Waals surface area contributed by atoms with E-state index in [1.807, 2.05) is 0 Å². The minimum Gasteiger partial charge on any atom is -0.504 e. The molecule has 3 rings (SSSR count). The number of fused-ring (bicyclic) bond motifs is 1. The molecule has 32 heavy (non-hydrogen) atoms. The van der Waals surface area contributed by atoms with E-state index in [2.05, 4.69) is 16.7 Å². The number of benzene rings is 2. The van der Waals surface area contributed by atoms with Crippen LogP contribution < -0.4 is 10.8 Å². The second-order valence-corrected chi connectivity index (χ2v) is 7.49. The molecule has 0 aliphatic carbocycles. The van der Waals surface area contributed by atoms with E-state index in [1.165, 1.54) is 18.2 Å². The third-order valence-electron chi connectivity index (χ3n) is 4.88. The van der Waals surface area contributed by atoms with Crippen LogP contribution in [0.2, 0.25) is 0 Å². The lowest BCUT2D eigenvalue weighted by Crippen LogP contribution is -2.49. The molecular weight excluding hydrogens is 432 g/mol. The van der Waals surface area contributed by atoms with Crippen LogP contribution in [-0.4, -0.2) is 28.1 Å². The van der Waals surface area contributed by atoms with E-state index in [4.69, 9.17) is 22.9 Å². The fourth-order valence-corrected chi connectivity index (χ4v) is 3.56. The Kier molecular flexibility index (Phi) is 7.55. The van der Waals surface area contributed by atoms with E-state index in [0.29, 0.717) is 28.1 Å². The Balaban J connectivity index is 1.75. The number of amides is 2. The average Bonchev–Trinajstić information content (AvgIpc) is 2.76. The zero-order chi connectivity index (χ0) is 23.1. The fourth-order valence-electron chi connectivity index (χ4n) is 3.41. The van der Waals surface area contributed by atoms with Gasteiger partial charge in [-0.25, -0.2) is 5.48 Å². The first-order valence-electron chi connectivity index (χ1n) is 9.71. The Bertz CT molecular complexity index is 1120. The number of halogens is 1. The number of allylic oxidation sites excluding steroid dienone is 3. The highest BCUT2D eigenvalue weighted by Gasteiger charge is 2.37. The van der Waals surface area contributed by atoms with Crippen molar-refractivity contribution >= 4 is 23.4 Å². The van der Waals surface area contributed by atoms with E-state index in [9.17, 15) is 19.8 Å². The van der Waals surface area contributed by atoms with Gasteiger partial charge in [0.25, 0.3) is 11.8 Å². The van der Waals surface area contributed by atoms with E-state index >= 15 is 0 Å². The van der Waals surface area contributed by atoms with Crippen LogP contribution in [0.1, 0.15) is 33.8 Å². The van der Waals surface area contributed by atoms with Crippen LogP contribution in [0.4, 0.5) is 0 Å². The SMILES string of the molecule is C#C/C=C(Cl)\C=C/C[C@@H]1NC(=O)c2ccccc2[C@H]1C(=O)NOCc1ccc(O)c(O)c1. The fraction of sp³-hybridized carbons (Fsp3) is 0.167. The molecule has 0 unspecified atom stereocenters. The van der Waals surface area contributed by atoms with Gasteiger partial charge in [-0.05, 0) is 41.8 Å². The Morgan fingerprint density at radius 3 is 2.78 bits per heavy atom. The van der Waals surface area contributed by atoms with Crippen LogP contribution in [0.25, 0.3) is 0 Å². The van der Waals surface area contributed by atoms with Crippen LogP contribution in [0.5, 0.6) is 11.5 Å². The number of carbonyl (C=O) groups is 2. The molecular formula is C24H21ClN2O5. The summed E-state index contributed by atoms with van der Waals surface area (Å²) in [6.07, 6.45) is 10.3. The molecule has 4 N–H and O–H groups in total. The minimum atomic E-state index is -0.711. The molecule has 1 aliphatic rings. The highest BCUT2D eigenvalue weighted by Crippen LogP contribution is 2.30. The van der Waals surface area contributed by atoms with Crippen molar-refractivity contribution in [1.82, 2.24) is 10.8 Å². The molecule has 0 aromatic heterocycles. The molecule has 0 fully saturated rings. The number of carbonyl (C=O) groups excluding carboxylic acids is 2. The van der Waals surface area contributed by atoms with Crippen molar-refractivity contribution in [3.05, 3.63) is 82.4 Å². The summed E-state index contributed by atoms with van der Waals surface area (Å²) < 4.78 is 0. The van der Waals surface area contributed by atoms with Crippen molar-refractivity contribution < 1.29 is 24.6 Å². The highest BCUT2D eigenvalue weighted by molar-refractivity contribution is 6.31. The van der Waals surface area contributed by atoms with Gasteiger partial charge in [0.15, 0.2) is 11.5 Å². The monoisotopic (exact) mass is 452 g/mol. The van der Waals surface area contributed by atoms with Crippen molar-refractivity contribution in [3.63, 3.8) is 0 Å². The lowest BCUT2D eigenvalue weighted by molar-refractivity contribution is -0.136. The molecule has 1 aliphatic heterocycles. The van der Waals surface area contributed by atoms with Gasteiger partial charge in [-0.1, -0.05) is 47.9 Å². The molecule has 1 heterocycles. The standard InChI is InChI=1S/C24H21ClN2O5/c1-2-6-16(25)7-5-10-19-22(17-8-3-4-9-18(17)23(30)26-19)24(31)27-32-14-15-11-12-20(28)21(29)13-15/h1,3-9,11-13,19,22,28-29H,10,14H2,(H,26,30)(H,27,31)/b7-5-,16-6+/t19-,22+/m0/s1. The van der Waals surface area contributed by atoms with Gasteiger partial charge in [0.1, 0.15) is 0 Å². The van der Waals surface area contributed by atoms with E-state index in [-0.39, 0.29) is 24.0 Å². The Morgan fingerprint density at radius 1 is 1.25 bits per heavy atom. The number of terminal acetylenes is 1. The number of hydrogen-bond donors (Lipinski definition) is 4. The predicted molar refractivity (Wildman–Crippen MR) is 120 cm³/mol. The molecule has 2 atom stereocenters. The van der Waals surface area contributed by atoms with Gasteiger partial charge in [-0.2, -0.15) is 0 Å². The summed E-state index contributed by atoms with van der Waals surface area (Å²) in [7, 11) is 0. The summed E-state index contributed by atoms with van der Waals surface area (Å²) in [5.41, 5.74) is 3.97. The number of phenols is 2. The number of nitrogens with one attached hydrogen (secondary N) is 2. The number of phenolic OH excluding ortho intramolecular Hbond substituents is 2. The van der Waals surface area contributed by atoms with Crippen molar-refractivity contribution in [3.8, 4) is 23.8 Å². The maximum atomic E-state index is 13.0. The first-order chi connectivity index (χ1) is 15.4. The van der Waals surface area contributed by atoms with Crippen molar-refractivity contribution in [1.29, 1.82) is 0 Å². The molecule has 0 spiro atoms. The van der Waals surface area contributed by atoms with Crippen LogP contribution in [0.3, 0.4) is 0 Å². The van der Waals surface area contributed by atoms with Crippen LogP contribution in [0.15, 0.2) is 65.7 Å². The largest absolute Gasteiger partial charge is 0.504 e. The van der Waals surface area contributed by atoms with Gasteiger partial charge in [-0.15, -0.1) is 6.42 Å². The molecule has 2 amide bonds. The molecule has 2 aromatic rings. The van der Waals surface area contributed by atoms with Crippen LogP contribution in [-0.2, 0) is 16.2 Å². The van der Waals surface area contributed by atoms with E-state index in [0.717, 1.165) is 0 Å². The Morgan fingerprint density at radius 2 is 2.03 bits per heavy atom. The summed E-state index contributed by atoms with van der Waals surface area (Å²) in [6.45, 7) is -0.0304. The Hall–Kier alpha value is -3.73. The molecule has 8 heteroatoms. The smallest absolute Gasteiger partial charge is 0.253 e. The number of rotatable bonds is 7. The van der Waals surface area contributed by atoms with Crippen molar-refractivity contribution in [2.24, 2.45) is 0 Å². The molecule has 0 radical (unpaired) electrons. The Labute approximate surface area is 190 Å². The third kappa shape index (κ3) is 5.49.